The predicted molar refractivity (Wildman–Crippen MR) is 60.3 cm³/mol. The second-order valence-corrected chi connectivity index (χ2v) is 4.53. The summed E-state index contributed by atoms with van der Waals surface area (Å²) >= 11 is 0. The summed E-state index contributed by atoms with van der Waals surface area (Å²) in [6.07, 6.45) is 2.97. The lowest BCUT2D eigenvalue weighted by Crippen LogP contribution is -2.44. The number of alkyl carbamates (subject to hydrolysis) is 1. The highest BCUT2D eigenvalue weighted by Crippen LogP contribution is 2.36. The summed E-state index contributed by atoms with van der Waals surface area (Å²) in [5.74, 6) is -0.300. The molecule has 2 aliphatic rings. The van der Waals surface area contributed by atoms with Gasteiger partial charge in [0, 0.05) is 11.5 Å². The van der Waals surface area contributed by atoms with Gasteiger partial charge in [-0.15, -0.1) is 0 Å². The Bertz CT molecular complexity index is 352. The van der Waals surface area contributed by atoms with Crippen LogP contribution >= 0.6 is 0 Å². The quantitative estimate of drug-likeness (QED) is 0.554. The van der Waals surface area contributed by atoms with Crippen molar-refractivity contribution in [3.8, 4) is 0 Å². The van der Waals surface area contributed by atoms with Gasteiger partial charge in [-0.2, -0.15) is 0 Å². The number of esters is 1. The lowest BCUT2D eigenvalue weighted by atomic mass is 9.91. The highest BCUT2D eigenvalue weighted by atomic mass is 16.6. The summed E-state index contributed by atoms with van der Waals surface area (Å²) in [6, 6.07) is -0.168. The van der Waals surface area contributed by atoms with Crippen molar-refractivity contribution in [3.63, 3.8) is 0 Å². The number of carbonyl (C=O) groups is 2. The van der Waals surface area contributed by atoms with E-state index in [-0.39, 0.29) is 24.0 Å². The van der Waals surface area contributed by atoms with Gasteiger partial charge in [-0.25, -0.2) is 9.59 Å². The predicted octanol–water partition coefficient (Wildman–Crippen LogP) is 1.38. The number of carbonyl (C=O) groups excluding carboxylic acids is 2. The molecule has 0 aromatic carbocycles. The minimum absolute atomic E-state index is 0.0344. The summed E-state index contributed by atoms with van der Waals surface area (Å²) in [5.41, 5.74) is 0.536. The van der Waals surface area contributed by atoms with E-state index in [1.165, 1.54) is 7.11 Å². The molecule has 0 bridgehead atoms. The molecule has 1 saturated carbocycles. The van der Waals surface area contributed by atoms with Gasteiger partial charge in [0.15, 0.2) is 0 Å². The number of methoxy groups -OCH3 is 1. The second-order valence-electron chi connectivity index (χ2n) is 4.53. The van der Waals surface area contributed by atoms with Crippen molar-refractivity contribution in [1.82, 2.24) is 5.32 Å². The van der Waals surface area contributed by atoms with Gasteiger partial charge in [-0.1, -0.05) is 19.4 Å². The molecule has 0 radical (unpaired) electrons. The number of hydrogen-bond acceptors (Lipinski definition) is 4. The first-order chi connectivity index (χ1) is 8.13. The first-order valence-electron chi connectivity index (χ1n) is 5.87. The molecule has 17 heavy (non-hydrogen) atoms. The fourth-order valence-electron chi connectivity index (χ4n) is 2.59. The molecule has 1 aliphatic carbocycles. The van der Waals surface area contributed by atoms with Crippen molar-refractivity contribution < 1.29 is 19.1 Å². The molecule has 1 N–H and O–H groups in total. The molecule has 94 valence electrons. The third-order valence-electron chi connectivity index (χ3n) is 3.51. The molecule has 1 aliphatic heterocycles. The lowest BCUT2D eigenvalue weighted by molar-refractivity contribution is -0.140. The summed E-state index contributed by atoms with van der Waals surface area (Å²) < 4.78 is 9.89. The molecule has 5 heteroatoms. The number of rotatable bonds is 1. The topological polar surface area (TPSA) is 64.6 Å². The number of ether oxygens (including phenoxy) is 2. The molecule has 1 heterocycles. The normalized spacial score (nSPS) is 32.4. The van der Waals surface area contributed by atoms with E-state index in [0.717, 1.165) is 25.7 Å². The molecule has 2 rings (SSSR count). The van der Waals surface area contributed by atoms with Gasteiger partial charge in [0.2, 0.25) is 0 Å². The van der Waals surface area contributed by atoms with Crippen LogP contribution in [0.4, 0.5) is 4.79 Å². The van der Waals surface area contributed by atoms with Crippen molar-refractivity contribution in [2.75, 3.05) is 7.11 Å². The Morgan fingerprint density at radius 2 is 2.18 bits per heavy atom. The average Bonchev–Trinajstić information content (AvgIpc) is 2.51. The van der Waals surface area contributed by atoms with Crippen LogP contribution in [0.5, 0.6) is 0 Å². The Hall–Kier alpha value is -1.52. The van der Waals surface area contributed by atoms with E-state index in [1.54, 1.807) is 0 Å². The summed E-state index contributed by atoms with van der Waals surface area (Å²) in [5, 5.41) is 2.74. The van der Waals surface area contributed by atoms with Crippen LogP contribution in [0, 0.1) is 5.92 Å². The highest BCUT2D eigenvalue weighted by Gasteiger charge is 2.44. The van der Waals surface area contributed by atoms with Crippen LogP contribution < -0.4 is 5.32 Å². The van der Waals surface area contributed by atoms with Crippen LogP contribution in [0.1, 0.15) is 25.7 Å². The molecule has 3 atom stereocenters. The standard InChI is InChI=1S/C12H17NO4/c1-7-8-5-3-4-6-9(13-12(15)16-2)10(8)17-11(7)14/h8-10H,1,3-6H2,2H3,(H,13,15). The van der Waals surface area contributed by atoms with Gasteiger partial charge in [0.1, 0.15) is 6.10 Å². The van der Waals surface area contributed by atoms with Gasteiger partial charge in [-0.05, 0) is 12.8 Å². The summed E-state index contributed by atoms with van der Waals surface area (Å²) in [7, 11) is 1.32. The van der Waals surface area contributed by atoms with Crippen LogP contribution in [0.15, 0.2) is 12.2 Å². The Kier molecular flexibility index (Phi) is 3.36. The fourth-order valence-corrected chi connectivity index (χ4v) is 2.59. The minimum Gasteiger partial charge on any atom is -0.456 e. The molecule has 0 aromatic rings. The van der Waals surface area contributed by atoms with Crippen molar-refractivity contribution in [2.45, 2.75) is 37.8 Å². The van der Waals surface area contributed by atoms with Crippen LogP contribution in [-0.2, 0) is 14.3 Å². The maximum Gasteiger partial charge on any atom is 0.407 e. The Morgan fingerprint density at radius 1 is 1.47 bits per heavy atom. The van der Waals surface area contributed by atoms with E-state index in [4.69, 9.17) is 4.74 Å². The zero-order valence-corrected chi connectivity index (χ0v) is 9.90. The monoisotopic (exact) mass is 239 g/mol. The van der Waals surface area contributed by atoms with E-state index < -0.39 is 6.09 Å². The molecule has 3 unspecified atom stereocenters. The second kappa shape index (κ2) is 4.77. The molecular formula is C12H17NO4. The smallest absolute Gasteiger partial charge is 0.407 e. The van der Waals surface area contributed by atoms with Gasteiger partial charge < -0.3 is 14.8 Å². The van der Waals surface area contributed by atoms with Gasteiger partial charge >= 0.3 is 12.1 Å². The van der Waals surface area contributed by atoms with Gasteiger partial charge in [-0.3, -0.25) is 0 Å². The van der Waals surface area contributed by atoms with E-state index in [2.05, 4.69) is 16.6 Å². The van der Waals surface area contributed by atoms with Crippen molar-refractivity contribution in [2.24, 2.45) is 5.92 Å². The Balaban J connectivity index is 2.12. The molecule has 1 saturated heterocycles. The third kappa shape index (κ3) is 2.28. The summed E-state index contributed by atoms with van der Waals surface area (Å²) in [4.78, 5) is 22.7. The van der Waals surface area contributed by atoms with Gasteiger partial charge in [0.25, 0.3) is 0 Å². The van der Waals surface area contributed by atoms with Crippen molar-refractivity contribution in [3.05, 3.63) is 12.2 Å². The minimum atomic E-state index is -0.482. The fraction of sp³-hybridized carbons (Fsp3) is 0.667. The maximum absolute atomic E-state index is 11.5. The molecule has 2 fully saturated rings. The Morgan fingerprint density at radius 3 is 2.88 bits per heavy atom. The molecule has 5 nitrogen and oxygen atoms in total. The largest absolute Gasteiger partial charge is 0.456 e. The number of amides is 1. The van der Waals surface area contributed by atoms with E-state index in [1.807, 2.05) is 0 Å². The van der Waals surface area contributed by atoms with Crippen LogP contribution in [0.2, 0.25) is 0 Å². The Labute approximate surface area is 100 Å². The zero-order valence-electron chi connectivity index (χ0n) is 9.90. The van der Waals surface area contributed by atoms with Crippen molar-refractivity contribution in [1.29, 1.82) is 0 Å². The molecule has 0 aromatic heterocycles. The third-order valence-corrected chi connectivity index (χ3v) is 3.51. The number of nitrogens with one attached hydrogen (secondary N) is 1. The average molecular weight is 239 g/mol. The molecular weight excluding hydrogens is 222 g/mol. The molecule has 1 amide bonds. The van der Waals surface area contributed by atoms with E-state index in [0.29, 0.717) is 5.57 Å². The summed E-state index contributed by atoms with van der Waals surface area (Å²) in [6.45, 7) is 3.78. The van der Waals surface area contributed by atoms with E-state index >= 15 is 0 Å². The van der Waals surface area contributed by atoms with Crippen molar-refractivity contribution >= 4 is 12.1 Å². The first-order valence-corrected chi connectivity index (χ1v) is 5.87. The van der Waals surface area contributed by atoms with Crippen LogP contribution in [0.3, 0.4) is 0 Å². The van der Waals surface area contributed by atoms with E-state index in [9.17, 15) is 9.59 Å². The number of hydrogen-bond donors (Lipinski definition) is 1. The van der Waals surface area contributed by atoms with Crippen LogP contribution in [-0.4, -0.2) is 31.3 Å². The van der Waals surface area contributed by atoms with Crippen LogP contribution in [0.25, 0.3) is 0 Å². The van der Waals surface area contributed by atoms with Gasteiger partial charge in [0.05, 0.1) is 13.2 Å². The SMILES string of the molecule is C=C1C(=O)OC2C(NC(=O)OC)CCCCC12. The highest BCUT2D eigenvalue weighted by molar-refractivity contribution is 5.91. The number of fused-ring (bicyclic) bond motifs is 1. The lowest BCUT2D eigenvalue weighted by Gasteiger charge is -2.24. The maximum atomic E-state index is 11.5. The molecule has 0 spiro atoms. The zero-order chi connectivity index (χ0) is 12.4. The first kappa shape index (κ1) is 12.0.